The van der Waals surface area contributed by atoms with Gasteiger partial charge in [-0.25, -0.2) is 0 Å². The molecular formula is C11H21N. The minimum atomic E-state index is 0.369. The molecule has 1 nitrogen and oxygen atoms in total. The maximum absolute atomic E-state index is 5.79. The van der Waals surface area contributed by atoms with Gasteiger partial charge in [0.05, 0.1) is 0 Å². The molecule has 0 heterocycles. The van der Waals surface area contributed by atoms with Crippen LogP contribution in [0.5, 0.6) is 0 Å². The van der Waals surface area contributed by atoms with Gasteiger partial charge in [-0.05, 0) is 44.9 Å². The van der Waals surface area contributed by atoms with E-state index in [9.17, 15) is 0 Å². The molecule has 0 aromatic rings. The van der Waals surface area contributed by atoms with Crippen LogP contribution < -0.4 is 5.73 Å². The Labute approximate surface area is 76.0 Å². The fourth-order valence-corrected chi connectivity index (χ4v) is 2.39. The first-order valence-electron chi connectivity index (χ1n) is 5.00. The normalized spacial score (nSPS) is 32.8. The van der Waals surface area contributed by atoms with Crippen molar-refractivity contribution in [3.05, 3.63) is 11.6 Å². The standard InChI is InChI=1S/C11H21N/c1-8-4-9(2)6-11(5-8)7-10(3)12/h4,8,10-11H,5-7,12H2,1-3H3. The highest BCUT2D eigenvalue weighted by Crippen LogP contribution is 2.30. The van der Waals surface area contributed by atoms with Crippen LogP contribution in [0, 0.1) is 11.8 Å². The lowest BCUT2D eigenvalue weighted by Gasteiger charge is -2.26. The van der Waals surface area contributed by atoms with E-state index in [0.29, 0.717) is 6.04 Å². The summed E-state index contributed by atoms with van der Waals surface area (Å²) in [4.78, 5) is 0. The molecule has 0 saturated heterocycles. The summed E-state index contributed by atoms with van der Waals surface area (Å²) < 4.78 is 0. The number of allylic oxidation sites excluding steroid dienone is 2. The van der Waals surface area contributed by atoms with Crippen molar-refractivity contribution in [1.82, 2.24) is 0 Å². The van der Waals surface area contributed by atoms with Gasteiger partial charge in [-0.3, -0.25) is 0 Å². The molecule has 0 aliphatic heterocycles. The average molecular weight is 167 g/mol. The van der Waals surface area contributed by atoms with Crippen LogP contribution in [-0.4, -0.2) is 6.04 Å². The Morgan fingerprint density at radius 2 is 2.33 bits per heavy atom. The Morgan fingerprint density at radius 1 is 1.67 bits per heavy atom. The van der Waals surface area contributed by atoms with Crippen LogP contribution in [0.4, 0.5) is 0 Å². The molecule has 70 valence electrons. The maximum atomic E-state index is 5.79. The molecule has 0 amide bonds. The van der Waals surface area contributed by atoms with Crippen molar-refractivity contribution in [1.29, 1.82) is 0 Å². The highest BCUT2D eigenvalue weighted by atomic mass is 14.6. The minimum absolute atomic E-state index is 0.369. The van der Waals surface area contributed by atoms with Gasteiger partial charge in [0.2, 0.25) is 0 Å². The van der Waals surface area contributed by atoms with Crippen LogP contribution in [0.1, 0.15) is 40.0 Å². The first-order valence-corrected chi connectivity index (χ1v) is 5.00. The van der Waals surface area contributed by atoms with Crippen LogP contribution in [0.25, 0.3) is 0 Å². The number of nitrogens with two attached hydrogens (primary N) is 1. The van der Waals surface area contributed by atoms with Gasteiger partial charge in [-0.1, -0.05) is 18.6 Å². The quantitative estimate of drug-likeness (QED) is 0.629. The zero-order valence-electron chi connectivity index (χ0n) is 8.51. The summed E-state index contributed by atoms with van der Waals surface area (Å²) in [5.74, 6) is 1.60. The molecule has 0 aromatic heterocycles. The van der Waals surface area contributed by atoms with Crippen molar-refractivity contribution in [2.75, 3.05) is 0 Å². The van der Waals surface area contributed by atoms with E-state index in [4.69, 9.17) is 5.73 Å². The Morgan fingerprint density at radius 3 is 2.83 bits per heavy atom. The van der Waals surface area contributed by atoms with Gasteiger partial charge >= 0.3 is 0 Å². The predicted octanol–water partition coefficient (Wildman–Crippen LogP) is 2.72. The van der Waals surface area contributed by atoms with Crippen molar-refractivity contribution in [2.24, 2.45) is 17.6 Å². The summed E-state index contributed by atoms with van der Waals surface area (Å²) in [6.45, 7) is 6.65. The Hall–Kier alpha value is -0.300. The maximum Gasteiger partial charge on any atom is 0.00132 e. The van der Waals surface area contributed by atoms with Crippen molar-refractivity contribution >= 4 is 0 Å². The van der Waals surface area contributed by atoms with Crippen LogP contribution in [0.2, 0.25) is 0 Å². The van der Waals surface area contributed by atoms with E-state index in [1.165, 1.54) is 19.3 Å². The molecule has 3 unspecified atom stereocenters. The first-order chi connectivity index (χ1) is 5.58. The first kappa shape index (κ1) is 9.79. The van der Waals surface area contributed by atoms with Crippen molar-refractivity contribution in [2.45, 2.75) is 46.1 Å². The summed E-state index contributed by atoms with van der Waals surface area (Å²) in [7, 11) is 0. The SMILES string of the molecule is CC1=CC(C)CC(CC(C)N)C1. The van der Waals surface area contributed by atoms with Gasteiger partial charge in [0.1, 0.15) is 0 Å². The monoisotopic (exact) mass is 167 g/mol. The third-order valence-electron chi connectivity index (χ3n) is 2.59. The van der Waals surface area contributed by atoms with E-state index in [1.54, 1.807) is 5.57 Å². The van der Waals surface area contributed by atoms with Gasteiger partial charge < -0.3 is 5.73 Å². The topological polar surface area (TPSA) is 26.0 Å². The molecule has 0 radical (unpaired) electrons. The second kappa shape index (κ2) is 4.08. The average Bonchev–Trinajstić information content (AvgIpc) is 1.81. The van der Waals surface area contributed by atoms with Crippen molar-refractivity contribution in [3.8, 4) is 0 Å². The molecular weight excluding hydrogens is 146 g/mol. The van der Waals surface area contributed by atoms with Gasteiger partial charge in [0.15, 0.2) is 0 Å². The largest absolute Gasteiger partial charge is 0.328 e. The fourth-order valence-electron chi connectivity index (χ4n) is 2.39. The van der Waals surface area contributed by atoms with E-state index >= 15 is 0 Å². The Balaban J connectivity index is 2.44. The molecule has 0 bridgehead atoms. The lowest BCUT2D eigenvalue weighted by molar-refractivity contribution is 0.359. The molecule has 1 aliphatic carbocycles. The summed E-state index contributed by atoms with van der Waals surface area (Å²) in [5.41, 5.74) is 7.35. The molecule has 0 spiro atoms. The molecule has 0 fully saturated rings. The van der Waals surface area contributed by atoms with E-state index in [2.05, 4.69) is 26.8 Å². The molecule has 1 aliphatic rings. The third kappa shape index (κ3) is 2.98. The number of rotatable bonds is 2. The van der Waals surface area contributed by atoms with Crippen LogP contribution in [-0.2, 0) is 0 Å². The third-order valence-corrected chi connectivity index (χ3v) is 2.59. The number of hydrogen-bond donors (Lipinski definition) is 1. The van der Waals surface area contributed by atoms with Crippen LogP contribution in [0.15, 0.2) is 11.6 Å². The van der Waals surface area contributed by atoms with E-state index in [-0.39, 0.29) is 0 Å². The van der Waals surface area contributed by atoms with Gasteiger partial charge in [0, 0.05) is 6.04 Å². The molecule has 3 atom stereocenters. The number of hydrogen-bond acceptors (Lipinski definition) is 1. The summed E-state index contributed by atoms with van der Waals surface area (Å²) in [6, 6.07) is 0.369. The zero-order chi connectivity index (χ0) is 9.14. The molecule has 0 aromatic carbocycles. The van der Waals surface area contributed by atoms with Gasteiger partial charge in [-0.15, -0.1) is 0 Å². The van der Waals surface area contributed by atoms with Crippen molar-refractivity contribution < 1.29 is 0 Å². The van der Waals surface area contributed by atoms with E-state index in [0.717, 1.165) is 11.8 Å². The van der Waals surface area contributed by atoms with Crippen LogP contribution in [0.3, 0.4) is 0 Å². The second-order valence-corrected chi connectivity index (χ2v) is 4.51. The fraction of sp³-hybridized carbons (Fsp3) is 0.818. The summed E-state index contributed by atoms with van der Waals surface area (Å²) in [6.07, 6.45) is 6.19. The molecule has 1 heteroatoms. The molecule has 1 rings (SSSR count). The minimum Gasteiger partial charge on any atom is -0.328 e. The van der Waals surface area contributed by atoms with E-state index < -0.39 is 0 Å². The Kier molecular flexibility index (Phi) is 3.33. The van der Waals surface area contributed by atoms with Crippen molar-refractivity contribution in [3.63, 3.8) is 0 Å². The highest BCUT2D eigenvalue weighted by molar-refractivity contribution is 5.06. The van der Waals surface area contributed by atoms with Gasteiger partial charge in [0.25, 0.3) is 0 Å². The second-order valence-electron chi connectivity index (χ2n) is 4.51. The van der Waals surface area contributed by atoms with Gasteiger partial charge in [-0.2, -0.15) is 0 Å². The lowest BCUT2D eigenvalue weighted by atomic mass is 9.81. The summed E-state index contributed by atoms with van der Waals surface area (Å²) in [5, 5.41) is 0. The lowest BCUT2D eigenvalue weighted by Crippen LogP contribution is -2.22. The molecule has 12 heavy (non-hydrogen) atoms. The smallest absolute Gasteiger partial charge is 0.00132 e. The predicted molar refractivity (Wildman–Crippen MR) is 53.9 cm³/mol. The van der Waals surface area contributed by atoms with E-state index in [1.807, 2.05) is 0 Å². The molecule has 2 N–H and O–H groups in total. The Bertz CT molecular complexity index is 170. The zero-order valence-corrected chi connectivity index (χ0v) is 8.51. The summed E-state index contributed by atoms with van der Waals surface area (Å²) >= 11 is 0. The van der Waals surface area contributed by atoms with Crippen LogP contribution >= 0.6 is 0 Å². The highest BCUT2D eigenvalue weighted by Gasteiger charge is 2.18. The molecule has 0 saturated carbocycles.